The van der Waals surface area contributed by atoms with Crippen molar-refractivity contribution in [1.29, 1.82) is 0 Å². The standard InChI is InChI=1S/C27H27N3O9S/c1-7-39-26(32)23-14(2)28-27-29(24(23)17-9-8-16(35-3)12-19(17)36-4)25(31)22(40-27)11-15-10-20(37-5)21(38-6)13-18(15)30(33)34/h8-13,24H,7H2,1-6H3/b22-11-/t24-/m1/s1. The van der Waals surface area contributed by atoms with Crippen LogP contribution in [-0.2, 0) is 9.53 Å². The predicted molar refractivity (Wildman–Crippen MR) is 146 cm³/mol. The number of ether oxygens (including phenoxy) is 5. The second kappa shape index (κ2) is 11.6. The van der Waals surface area contributed by atoms with Crippen LogP contribution in [0, 0.1) is 10.1 Å². The molecule has 0 fully saturated rings. The normalized spacial score (nSPS) is 14.8. The van der Waals surface area contributed by atoms with Crippen LogP contribution >= 0.6 is 11.3 Å². The molecule has 1 aliphatic rings. The summed E-state index contributed by atoms with van der Waals surface area (Å²) in [6.45, 7) is 3.46. The van der Waals surface area contributed by atoms with Crippen molar-refractivity contribution in [2.24, 2.45) is 4.99 Å². The van der Waals surface area contributed by atoms with Crippen molar-refractivity contribution in [2.75, 3.05) is 35.0 Å². The monoisotopic (exact) mass is 569 g/mol. The number of nitro benzene ring substituents is 1. The highest BCUT2D eigenvalue weighted by Crippen LogP contribution is 2.38. The molecule has 2 aromatic carbocycles. The van der Waals surface area contributed by atoms with E-state index in [-0.39, 0.29) is 39.5 Å². The van der Waals surface area contributed by atoms with Crippen molar-refractivity contribution in [1.82, 2.24) is 4.57 Å². The van der Waals surface area contributed by atoms with Gasteiger partial charge in [0.25, 0.3) is 11.2 Å². The molecule has 40 heavy (non-hydrogen) atoms. The van der Waals surface area contributed by atoms with Crippen LogP contribution in [0.3, 0.4) is 0 Å². The zero-order valence-electron chi connectivity index (χ0n) is 22.7. The van der Waals surface area contributed by atoms with Gasteiger partial charge in [-0.15, -0.1) is 0 Å². The number of nitrogens with zero attached hydrogens (tertiary/aromatic N) is 3. The molecular formula is C27H27N3O9S. The van der Waals surface area contributed by atoms with Gasteiger partial charge in [-0.3, -0.25) is 19.5 Å². The van der Waals surface area contributed by atoms with Gasteiger partial charge in [-0.25, -0.2) is 9.79 Å². The lowest BCUT2D eigenvalue weighted by Crippen LogP contribution is -2.40. The van der Waals surface area contributed by atoms with Gasteiger partial charge in [-0.2, -0.15) is 0 Å². The van der Waals surface area contributed by atoms with Gasteiger partial charge in [0, 0.05) is 11.6 Å². The Morgan fingerprint density at radius 2 is 1.75 bits per heavy atom. The number of nitro groups is 1. The van der Waals surface area contributed by atoms with Crippen molar-refractivity contribution >= 4 is 29.1 Å². The third kappa shape index (κ3) is 5.02. The fourth-order valence-corrected chi connectivity index (χ4v) is 5.47. The van der Waals surface area contributed by atoms with Crippen molar-refractivity contribution in [3.05, 3.63) is 82.5 Å². The molecule has 4 rings (SSSR count). The number of rotatable bonds is 9. The van der Waals surface area contributed by atoms with E-state index in [0.29, 0.717) is 27.6 Å². The predicted octanol–water partition coefficient (Wildman–Crippen LogP) is 2.74. The molecule has 0 bridgehead atoms. The minimum absolute atomic E-state index is 0.121. The van der Waals surface area contributed by atoms with E-state index in [4.69, 9.17) is 23.7 Å². The third-order valence-corrected chi connectivity index (χ3v) is 7.25. The fourth-order valence-electron chi connectivity index (χ4n) is 4.43. The maximum atomic E-state index is 13.9. The Kier molecular flexibility index (Phi) is 8.24. The highest BCUT2D eigenvalue weighted by atomic mass is 32.1. The van der Waals surface area contributed by atoms with E-state index in [2.05, 4.69) is 4.99 Å². The van der Waals surface area contributed by atoms with Crippen molar-refractivity contribution in [3.8, 4) is 23.0 Å². The molecule has 13 heteroatoms. The lowest BCUT2D eigenvalue weighted by Gasteiger charge is -2.26. The van der Waals surface area contributed by atoms with Gasteiger partial charge in [0.15, 0.2) is 16.3 Å². The van der Waals surface area contributed by atoms with Crippen LogP contribution in [-0.4, -0.2) is 50.5 Å². The number of allylic oxidation sites excluding steroid dienone is 1. The first-order valence-corrected chi connectivity index (χ1v) is 12.8. The fraction of sp³-hybridized carbons (Fsp3) is 0.296. The average Bonchev–Trinajstić information content (AvgIpc) is 3.25. The molecule has 2 heterocycles. The lowest BCUT2D eigenvalue weighted by atomic mass is 9.95. The molecule has 0 amide bonds. The molecule has 0 saturated carbocycles. The molecule has 1 aliphatic heterocycles. The minimum Gasteiger partial charge on any atom is -0.497 e. The SMILES string of the molecule is CCOC(=O)C1=C(C)N=c2s/c(=C\c3cc(OC)c(OC)cc3[N+](=O)[O-])c(=O)n2[C@@H]1c1ccc(OC)cc1OC. The number of thiazole rings is 1. The van der Waals surface area contributed by atoms with Crippen LogP contribution in [0.2, 0.25) is 0 Å². The summed E-state index contributed by atoms with van der Waals surface area (Å²) in [6.07, 6.45) is 1.40. The Labute approximate surface area is 232 Å². The molecular weight excluding hydrogens is 542 g/mol. The summed E-state index contributed by atoms with van der Waals surface area (Å²) in [5.41, 5.74) is 0.385. The molecule has 1 aromatic heterocycles. The van der Waals surface area contributed by atoms with Gasteiger partial charge in [-0.1, -0.05) is 11.3 Å². The number of fused-ring (bicyclic) bond motifs is 1. The Bertz CT molecular complexity index is 1700. The number of carbonyl (C=O) groups excluding carboxylic acids is 1. The van der Waals surface area contributed by atoms with Crippen LogP contribution in [0.4, 0.5) is 5.69 Å². The topological polar surface area (TPSA) is 141 Å². The van der Waals surface area contributed by atoms with Crippen LogP contribution in [0.15, 0.2) is 51.4 Å². The first-order valence-electron chi connectivity index (χ1n) is 12.0. The zero-order chi connectivity index (χ0) is 29.1. The molecule has 0 spiro atoms. The van der Waals surface area contributed by atoms with Crippen molar-refractivity contribution in [3.63, 3.8) is 0 Å². The number of benzene rings is 2. The van der Waals surface area contributed by atoms with Crippen LogP contribution in [0.25, 0.3) is 6.08 Å². The first kappa shape index (κ1) is 28.4. The van der Waals surface area contributed by atoms with Gasteiger partial charge in [0.05, 0.1) is 67.4 Å². The molecule has 0 radical (unpaired) electrons. The van der Waals surface area contributed by atoms with E-state index in [1.807, 2.05) is 0 Å². The second-order valence-corrected chi connectivity index (χ2v) is 9.44. The summed E-state index contributed by atoms with van der Waals surface area (Å²) in [7, 11) is 5.76. The molecule has 0 N–H and O–H groups in total. The Morgan fingerprint density at radius 1 is 1.07 bits per heavy atom. The molecule has 0 aliphatic carbocycles. The summed E-state index contributed by atoms with van der Waals surface area (Å²) >= 11 is 1.03. The van der Waals surface area contributed by atoms with Gasteiger partial charge >= 0.3 is 5.97 Å². The highest BCUT2D eigenvalue weighted by Gasteiger charge is 2.35. The van der Waals surface area contributed by atoms with Crippen LogP contribution < -0.4 is 33.8 Å². The number of aromatic nitrogens is 1. The molecule has 210 valence electrons. The Morgan fingerprint density at radius 3 is 2.35 bits per heavy atom. The number of methoxy groups -OCH3 is 4. The molecule has 0 unspecified atom stereocenters. The lowest BCUT2D eigenvalue weighted by molar-refractivity contribution is -0.385. The molecule has 0 saturated heterocycles. The molecule has 1 atom stereocenters. The number of esters is 1. The maximum Gasteiger partial charge on any atom is 0.338 e. The zero-order valence-corrected chi connectivity index (χ0v) is 23.5. The summed E-state index contributed by atoms with van der Waals surface area (Å²) in [6, 6.07) is 6.76. The van der Waals surface area contributed by atoms with Crippen molar-refractivity contribution < 1.29 is 33.4 Å². The number of hydrogen-bond donors (Lipinski definition) is 0. The molecule has 12 nitrogen and oxygen atoms in total. The Hall–Kier alpha value is -4.65. The second-order valence-electron chi connectivity index (χ2n) is 8.43. The van der Waals surface area contributed by atoms with E-state index < -0.39 is 22.5 Å². The van der Waals surface area contributed by atoms with Gasteiger partial charge in [0.2, 0.25) is 0 Å². The van der Waals surface area contributed by atoms with E-state index in [9.17, 15) is 19.7 Å². The average molecular weight is 570 g/mol. The summed E-state index contributed by atoms with van der Waals surface area (Å²) in [5, 5.41) is 11.9. The van der Waals surface area contributed by atoms with E-state index in [1.54, 1.807) is 32.0 Å². The van der Waals surface area contributed by atoms with Crippen LogP contribution in [0.1, 0.15) is 31.0 Å². The van der Waals surface area contributed by atoms with Crippen molar-refractivity contribution in [2.45, 2.75) is 19.9 Å². The van der Waals surface area contributed by atoms with Gasteiger partial charge < -0.3 is 23.7 Å². The van der Waals surface area contributed by atoms with Gasteiger partial charge in [-0.05, 0) is 38.1 Å². The summed E-state index contributed by atoms with van der Waals surface area (Å²) < 4.78 is 28.3. The third-order valence-electron chi connectivity index (χ3n) is 6.27. The summed E-state index contributed by atoms with van der Waals surface area (Å²) in [4.78, 5) is 43.2. The van der Waals surface area contributed by atoms with E-state index in [1.165, 1.54) is 51.2 Å². The van der Waals surface area contributed by atoms with E-state index >= 15 is 0 Å². The summed E-state index contributed by atoms with van der Waals surface area (Å²) in [5.74, 6) is 0.706. The van der Waals surface area contributed by atoms with E-state index in [0.717, 1.165) is 11.3 Å². The van der Waals surface area contributed by atoms with Gasteiger partial charge in [0.1, 0.15) is 17.5 Å². The number of hydrogen-bond acceptors (Lipinski definition) is 11. The Balaban J connectivity index is 2.03. The first-order chi connectivity index (χ1) is 19.2. The quantitative estimate of drug-likeness (QED) is 0.216. The van der Waals surface area contributed by atoms with Crippen LogP contribution in [0.5, 0.6) is 23.0 Å². The number of carbonyl (C=O) groups is 1. The smallest absolute Gasteiger partial charge is 0.338 e. The molecule has 3 aromatic rings. The largest absolute Gasteiger partial charge is 0.497 e. The maximum absolute atomic E-state index is 13.9. The highest BCUT2D eigenvalue weighted by molar-refractivity contribution is 7.07. The minimum atomic E-state index is -0.946.